The molecule has 1 saturated heterocycles. The summed E-state index contributed by atoms with van der Waals surface area (Å²) < 4.78 is 1.83. The normalized spacial score (nSPS) is 17.3. The first-order valence-corrected chi connectivity index (χ1v) is 8.16. The molecule has 0 spiro atoms. The van der Waals surface area contributed by atoms with Gasteiger partial charge in [-0.15, -0.1) is 0 Å². The number of aromatic nitrogens is 2. The lowest BCUT2D eigenvalue weighted by Crippen LogP contribution is -2.41. The first kappa shape index (κ1) is 16.3. The number of nitrogens with one attached hydrogen (secondary N) is 2. The SMILES string of the molecule is CC(=O)N[C@@H]1CCN(C(=O)NCc2nn(C)c3ccc(C)cc23)C1. The van der Waals surface area contributed by atoms with E-state index in [1.54, 1.807) is 4.90 Å². The predicted molar refractivity (Wildman–Crippen MR) is 91.5 cm³/mol. The molecule has 3 amide bonds. The van der Waals surface area contributed by atoms with Crippen LogP contribution in [0.25, 0.3) is 10.9 Å². The number of amides is 3. The highest BCUT2D eigenvalue weighted by molar-refractivity contribution is 5.83. The summed E-state index contributed by atoms with van der Waals surface area (Å²) >= 11 is 0. The van der Waals surface area contributed by atoms with Crippen molar-refractivity contribution >= 4 is 22.8 Å². The number of hydrogen-bond donors (Lipinski definition) is 2. The van der Waals surface area contributed by atoms with Gasteiger partial charge < -0.3 is 15.5 Å². The van der Waals surface area contributed by atoms with E-state index >= 15 is 0 Å². The largest absolute Gasteiger partial charge is 0.352 e. The molecule has 0 aliphatic carbocycles. The summed E-state index contributed by atoms with van der Waals surface area (Å²) in [6, 6.07) is 6.12. The Labute approximate surface area is 141 Å². The van der Waals surface area contributed by atoms with Gasteiger partial charge in [0.05, 0.1) is 17.8 Å². The van der Waals surface area contributed by atoms with E-state index in [-0.39, 0.29) is 18.0 Å². The Balaban J connectivity index is 1.63. The zero-order valence-corrected chi connectivity index (χ0v) is 14.3. The second-order valence-electron chi connectivity index (χ2n) is 6.38. The fourth-order valence-electron chi connectivity index (χ4n) is 3.20. The van der Waals surface area contributed by atoms with E-state index in [2.05, 4.69) is 27.9 Å². The molecule has 1 aromatic heterocycles. The van der Waals surface area contributed by atoms with Crippen LogP contribution in [-0.4, -0.2) is 45.8 Å². The van der Waals surface area contributed by atoms with Crippen molar-refractivity contribution in [3.63, 3.8) is 0 Å². The molecule has 1 aliphatic heterocycles. The minimum atomic E-state index is -0.116. The second-order valence-corrected chi connectivity index (χ2v) is 6.38. The number of benzene rings is 1. The summed E-state index contributed by atoms with van der Waals surface area (Å²) in [5.41, 5.74) is 3.08. The van der Waals surface area contributed by atoms with Gasteiger partial charge in [-0.05, 0) is 25.5 Å². The maximum absolute atomic E-state index is 12.3. The molecule has 0 bridgehead atoms. The fraction of sp³-hybridized carbons (Fsp3) is 0.471. The van der Waals surface area contributed by atoms with Crippen LogP contribution >= 0.6 is 0 Å². The Morgan fingerprint density at radius 3 is 2.92 bits per heavy atom. The van der Waals surface area contributed by atoms with Crippen LogP contribution in [0.5, 0.6) is 0 Å². The highest BCUT2D eigenvalue weighted by Gasteiger charge is 2.26. The topological polar surface area (TPSA) is 79.3 Å². The number of fused-ring (bicyclic) bond motifs is 1. The van der Waals surface area contributed by atoms with Gasteiger partial charge in [0.1, 0.15) is 0 Å². The fourth-order valence-corrected chi connectivity index (χ4v) is 3.20. The molecule has 1 aliphatic rings. The number of carbonyl (C=O) groups is 2. The van der Waals surface area contributed by atoms with Gasteiger partial charge in [0.15, 0.2) is 0 Å². The summed E-state index contributed by atoms with van der Waals surface area (Å²) in [6.45, 7) is 5.13. The summed E-state index contributed by atoms with van der Waals surface area (Å²) in [6.07, 6.45) is 0.790. The molecular formula is C17H23N5O2. The first-order chi connectivity index (χ1) is 11.4. The number of aryl methyl sites for hydroxylation is 2. The van der Waals surface area contributed by atoms with Gasteiger partial charge in [0.25, 0.3) is 0 Å². The van der Waals surface area contributed by atoms with Crippen LogP contribution < -0.4 is 10.6 Å². The van der Waals surface area contributed by atoms with Gasteiger partial charge >= 0.3 is 6.03 Å². The second kappa shape index (κ2) is 6.51. The van der Waals surface area contributed by atoms with Crippen molar-refractivity contribution in [2.75, 3.05) is 13.1 Å². The molecular weight excluding hydrogens is 306 g/mol. The third-order valence-electron chi connectivity index (χ3n) is 4.37. The maximum atomic E-state index is 12.3. The quantitative estimate of drug-likeness (QED) is 0.891. The molecule has 128 valence electrons. The van der Waals surface area contributed by atoms with Crippen LogP contribution in [-0.2, 0) is 18.4 Å². The first-order valence-electron chi connectivity index (χ1n) is 8.16. The van der Waals surface area contributed by atoms with Crippen LogP contribution in [0.2, 0.25) is 0 Å². The molecule has 24 heavy (non-hydrogen) atoms. The number of rotatable bonds is 3. The molecule has 1 aromatic carbocycles. The predicted octanol–water partition coefficient (Wildman–Crippen LogP) is 1.30. The average Bonchev–Trinajstić information content (AvgIpc) is 3.09. The van der Waals surface area contributed by atoms with Crippen molar-refractivity contribution in [3.05, 3.63) is 29.5 Å². The van der Waals surface area contributed by atoms with Gasteiger partial charge in [-0.1, -0.05) is 11.6 Å². The minimum Gasteiger partial charge on any atom is -0.352 e. The molecule has 7 heteroatoms. The van der Waals surface area contributed by atoms with Crippen molar-refractivity contribution in [2.45, 2.75) is 32.9 Å². The number of nitrogens with zero attached hydrogens (tertiary/aromatic N) is 3. The number of hydrogen-bond acceptors (Lipinski definition) is 3. The molecule has 0 radical (unpaired) electrons. The van der Waals surface area contributed by atoms with E-state index in [0.717, 1.165) is 23.0 Å². The molecule has 2 heterocycles. The molecule has 3 rings (SSSR count). The highest BCUT2D eigenvalue weighted by Crippen LogP contribution is 2.19. The van der Waals surface area contributed by atoms with Crippen LogP contribution in [0.15, 0.2) is 18.2 Å². The zero-order valence-electron chi connectivity index (χ0n) is 14.3. The minimum absolute atomic E-state index is 0.0478. The van der Waals surface area contributed by atoms with Crippen molar-refractivity contribution in [2.24, 2.45) is 7.05 Å². The molecule has 2 N–H and O–H groups in total. The summed E-state index contributed by atoms with van der Waals surface area (Å²) in [4.78, 5) is 25.2. The van der Waals surface area contributed by atoms with E-state index in [9.17, 15) is 9.59 Å². The van der Waals surface area contributed by atoms with Gasteiger partial charge in [-0.3, -0.25) is 9.48 Å². The van der Waals surface area contributed by atoms with Gasteiger partial charge in [0.2, 0.25) is 5.91 Å². The Kier molecular flexibility index (Phi) is 4.42. The Morgan fingerprint density at radius 2 is 2.17 bits per heavy atom. The van der Waals surface area contributed by atoms with Crippen LogP contribution in [0.1, 0.15) is 24.6 Å². The van der Waals surface area contributed by atoms with Crippen molar-refractivity contribution in [1.82, 2.24) is 25.3 Å². The summed E-state index contributed by atoms with van der Waals surface area (Å²) in [5.74, 6) is -0.0578. The van der Waals surface area contributed by atoms with Crippen molar-refractivity contribution in [3.8, 4) is 0 Å². The molecule has 0 unspecified atom stereocenters. The monoisotopic (exact) mass is 329 g/mol. The Bertz CT molecular complexity index is 783. The maximum Gasteiger partial charge on any atom is 0.317 e. The molecule has 1 atom stereocenters. The Hall–Kier alpha value is -2.57. The van der Waals surface area contributed by atoms with Crippen LogP contribution in [0.4, 0.5) is 4.79 Å². The lowest BCUT2D eigenvalue weighted by atomic mass is 10.1. The standard InChI is InChI=1S/C17H23N5O2/c1-11-4-5-16-14(8-11)15(20-21(16)3)9-18-17(24)22-7-6-13(10-22)19-12(2)23/h4-5,8,13H,6-7,9-10H2,1-3H3,(H,18,24)(H,19,23)/t13-/m1/s1. The lowest BCUT2D eigenvalue weighted by Gasteiger charge is -2.17. The lowest BCUT2D eigenvalue weighted by molar-refractivity contribution is -0.119. The van der Waals surface area contributed by atoms with E-state index < -0.39 is 0 Å². The number of carbonyl (C=O) groups excluding carboxylic acids is 2. The van der Waals surface area contributed by atoms with Crippen molar-refractivity contribution < 1.29 is 9.59 Å². The van der Waals surface area contributed by atoms with Crippen LogP contribution in [0.3, 0.4) is 0 Å². The molecule has 7 nitrogen and oxygen atoms in total. The zero-order chi connectivity index (χ0) is 17.3. The average molecular weight is 329 g/mol. The van der Waals surface area contributed by atoms with Crippen LogP contribution in [0, 0.1) is 6.92 Å². The van der Waals surface area contributed by atoms with Gasteiger partial charge in [-0.2, -0.15) is 5.10 Å². The van der Waals surface area contributed by atoms with Gasteiger partial charge in [0, 0.05) is 38.5 Å². The third kappa shape index (κ3) is 3.34. The molecule has 1 fully saturated rings. The number of urea groups is 1. The van der Waals surface area contributed by atoms with Gasteiger partial charge in [-0.25, -0.2) is 4.79 Å². The smallest absolute Gasteiger partial charge is 0.317 e. The summed E-state index contributed by atoms with van der Waals surface area (Å²) in [7, 11) is 1.90. The van der Waals surface area contributed by atoms with E-state index in [0.29, 0.717) is 19.6 Å². The summed E-state index contributed by atoms with van der Waals surface area (Å²) in [5, 5.41) is 11.4. The van der Waals surface area contributed by atoms with E-state index in [1.807, 2.05) is 24.7 Å². The number of likely N-dealkylation sites (tertiary alicyclic amines) is 1. The Morgan fingerprint density at radius 1 is 1.38 bits per heavy atom. The van der Waals surface area contributed by atoms with Crippen molar-refractivity contribution in [1.29, 1.82) is 0 Å². The molecule has 0 saturated carbocycles. The van der Waals surface area contributed by atoms with E-state index in [1.165, 1.54) is 12.5 Å². The highest BCUT2D eigenvalue weighted by atomic mass is 16.2. The van der Waals surface area contributed by atoms with E-state index in [4.69, 9.17) is 0 Å². The molecule has 2 aromatic rings. The third-order valence-corrected chi connectivity index (χ3v) is 4.37.